The molecule has 1 aromatic carbocycles. The summed E-state index contributed by atoms with van der Waals surface area (Å²) in [6, 6.07) is 6.52. The van der Waals surface area contributed by atoms with Crippen LogP contribution in [0, 0.1) is 0 Å². The Balaban J connectivity index is 1.71. The minimum atomic E-state index is -0.537. The van der Waals surface area contributed by atoms with Crippen molar-refractivity contribution in [3.8, 4) is 0 Å². The number of hydrogen-bond acceptors (Lipinski definition) is 5. The van der Waals surface area contributed by atoms with E-state index < -0.39 is 17.9 Å². The van der Waals surface area contributed by atoms with E-state index in [1.165, 1.54) is 0 Å². The van der Waals surface area contributed by atoms with Crippen molar-refractivity contribution in [3.63, 3.8) is 0 Å². The highest BCUT2D eigenvalue weighted by atomic mass is 16.7. The van der Waals surface area contributed by atoms with E-state index in [0.29, 0.717) is 11.1 Å². The SMILES string of the molecule is CCCCC(C)OC(=O)NCCON1C(=O)c2ccccc2C1=O. The Hall–Kier alpha value is -2.41. The van der Waals surface area contributed by atoms with Gasteiger partial charge in [-0.2, -0.15) is 0 Å². The zero-order valence-corrected chi connectivity index (χ0v) is 13.9. The molecule has 1 aliphatic rings. The maximum atomic E-state index is 12.0. The Morgan fingerprint density at radius 2 is 1.83 bits per heavy atom. The zero-order chi connectivity index (χ0) is 17.5. The zero-order valence-electron chi connectivity index (χ0n) is 13.9. The second-order valence-corrected chi connectivity index (χ2v) is 5.57. The Morgan fingerprint density at radius 1 is 1.21 bits per heavy atom. The van der Waals surface area contributed by atoms with Crippen LogP contribution in [0.15, 0.2) is 24.3 Å². The maximum Gasteiger partial charge on any atom is 0.407 e. The molecule has 7 heteroatoms. The third kappa shape index (κ3) is 4.32. The van der Waals surface area contributed by atoms with Crippen LogP contribution in [0.3, 0.4) is 0 Å². The molecule has 0 saturated heterocycles. The molecule has 1 aromatic rings. The molecule has 7 nitrogen and oxygen atoms in total. The standard InChI is InChI=1S/C17H22N2O5/c1-3-4-7-12(2)24-17(22)18-10-11-23-19-15(20)13-8-5-6-9-14(13)16(19)21/h5-6,8-9,12H,3-4,7,10-11H2,1-2H3,(H,18,22). The number of fused-ring (bicyclic) bond motifs is 1. The molecule has 2 rings (SSSR count). The van der Waals surface area contributed by atoms with Crippen LogP contribution in [0.1, 0.15) is 53.8 Å². The van der Waals surface area contributed by atoms with E-state index in [2.05, 4.69) is 12.2 Å². The van der Waals surface area contributed by atoms with E-state index in [1.54, 1.807) is 24.3 Å². The van der Waals surface area contributed by atoms with Crippen LogP contribution in [-0.2, 0) is 9.57 Å². The van der Waals surface area contributed by atoms with Gasteiger partial charge in [0.1, 0.15) is 6.10 Å². The van der Waals surface area contributed by atoms with Crippen LogP contribution in [0.2, 0.25) is 0 Å². The molecule has 0 spiro atoms. The number of carbonyl (C=O) groups excluding carboxylic acids is 3. The van der Waals surface area contributed by atoms with Crippen LogP contribution in [0.4, 0.5) is 4.79 Å². The molecule has 0 aliphatic carbocycles. The van der Waals surface area contributed by atoms with Gasteiger partial charge in [0.2, 0.25) is 0 Å². The van der Waals surface area contributed by atoms with Crippen molar-refractivity contribution in [2.24, 2.45) is 0 Å². The predicted molar refractivity (Wildman–Crippen MR) is 86.4 cm³/mol. The van der Waals surface area contributed by atoms with Crippen molar-refractivity contribution >= 4 is 17.9 Å². The molecule has 24 heavy (non-hydrogen) atoms. The first-order valence-corrected chi connectivity index (χ1v) is 8.09. The van der Waals surface area contributed by atoms with E-state index in [1.807, 2.05) is 6.92 Å². The van der Waals surface area contributed by atoms with E-state index in [4.69, 9.17) is 9.57 Å². The molecule has 130 valence electrons. The van der Waals surface area contributed by atoms with Gasteiger partial charge >= 0.3 is 6.09 Å². The van der Waals surface area contributed by atoms with Crippen molar-refractivity contribution in [1.82, 2.24) is 10.4 Å². The lowest BCUT2D eigenvalue weighted by molar-refractivity contribution is -0.0895. The van der Waals surface area contributed by atoms with Crippen LogP contribution in [0.25, 0.3) is 0 Å². The maximum absolute atomic E-state index is 12.0. The van der Waals surface area contributed by atoms with Gasteiger partial charge in [0.05, 0.1) is 17.7 Å². The number of rotatable bonds is 8. The molecular weight excluding hydrogens is 312 g/mol. The Kier molecular flexibility index (Phi) is 6.31. The second-order valence-electron chi connectivity index (χ2n) is 5.57. The molecular formula is C17H22N2O5. The second kappa shape index (κ2) is 8.44. The monoisotopic (exact) mass is 334 g/mol. The molecule has 0 aromatic heterocycles. The Bertz CT molecular complexity index is 582. The van der Waals surface area contributed by atoms with Crippen LogP contribution in [-0.4, -0.2) is 42.2 Å². The molecule has 0 fully saturated rings. The quantitative estimate of drug-likeness (QED) is 0.583. The molecule has 1 N–H and O–H groups in total. The number of hydroxylamine groups is 2. The van der Waals surface area contributed by atoms with Gasteiger partial charge in [0, 0.05) is 6.54 Å². The number of benzene rings is 1. The van der Waals surface area contributed by atoms with E-state index in [-0.39, 0.29) is 19.3 Å². The fraction of sp³-hybridized carbons (Fsp3) is 0.471. The fourth-order valence-electron chi connectivity index (χ4n) is 2.35. The lowest BCUT2D eigenvalue weighted by atomic mass is 10.1. The summed E-state index contributed by atoms with van der Waals surface area (Å²) in [5.74, 6) is -0.988. The summed E-state index contributed by atoms with van der Waals surface area (Å²) in [7, 11) is 0. The smallest absolute Gasteiger partial charge is 0.407 e. The van der Waals surface area contributed by atoms with Gasteiger partial charge in [-0.3, -0.25) is 14.4 Å². The number of nitrogens with one attached hydrogen (secondary N) is 1. The average Bonchev–Trinajstić information content (AvgIpc) is 2.81. The van der Waals surface area contributed by atoms with Crippen LogP contribution in [0.5, 0.6) is 0 Å². The Labute approximate surface area is 140 Å². The molecule has 1 heterocycles. The number of carbonyl (C=O) groups is 3. The number of alkyl carbamates (subject to hydrolysis) is 1. The highest BCUT2D eigenvalue weighted by molar-refractivity contribution is 6.20. The average molecular weight is 334 g/mol. The molecule has 0 saturated carbocycles. The topological polar surface area (TPSA) is 84.9 Å². The highest BCUT2D eigenvalue weighted by Gasteiger charge is 2.36. The molecule has 1 atom stereocenters. The van der Waals surface area contributed by atoms with E-state index in [9.17, 15) is 14.4 Å². The van der Waals surface area contributed by atoms with Gasteiger partial charge in [-0.1, -0.05) is 31.9 Å². The fourth-order valence-corrected chi connectivity index (χ4v) is 2.35. The largest absolute Gasteiger partial charge is 0.447 e. The first-order chi connectivity index (χ1) is 11.5. The van der Waals surface area contributed by atoms with E-state index in [0.717, 1.165) is 24.3 Å². The number of ether oxygens (including phenoxy) is 1. The summed E-state index contributed by atoms with van der Waals surface area (Å²) in [4.78, 5) is 40.9. The summed E-state index contributed by atoms with van der Waals surface area (Å²) in [5, 5.41) is 3.25. The summed E-state index contributed by atoms with van der Waals surface area (Å²) in [6.07, 6.45) is 2.17. The number of hydrogen-bond donors (Lipinski definition) is 1. The van der Waals surface area contributed by atoms with Gasteiger partial charge in [-0.25, -0.2) is 4.79 Å². The molecule has 3 amide bonds. The van der Waals surface area contributed by atoms with Crippen molar-refractivity contribution in [2.45, 2.75) is 39.2 Å². The van der Waals surface area contributed by atoms with Gasteiger partial charge in [0.15, 0.2) is 0 Å². The van der Waals surface area contributed by atoms with Gasteiger partial charge in [-0.05, 0) is 25.5 Å². The van der Waals surface area contributed by atoms with Gasteiger partial charge in [0.25, 0.3) is 11.8 Å². The predicted octanol–water partition coefficient (Wildman–Crippen LogP) is 2.52. The first kappa shape index (κ1) is 17.9. The molecule has 0 bridgehead atoms. The van der Waals surface area contributed by atoms with Crippen molar-refractivity contribution in [3.05, 3.63) is 35.4 Å². The molecule has 1 aliphatic heterocycles. The first-order valence-electron chi connectivity index (χ1n) is 8.09. The van der Waals surface area contributed by atoms with Crippen molar-refractivity contribution < 1.29 is 24.0 Å². The number of nitrogens with zero attached hydrogens (tertiary/aromatic N) is 1. The number of amides is 3. The van der Waals surface area contributed by atoms with Gasteiger partial charge < -0.3 is 10.1 Å². The summed E-state index contributed by atoms with van der Waals surface area (Å²) < 4.78 is 5.16. The third-order valence-corrected chi connectivity index (χ3v) is 3.62. The number of imide groups is 1. The molecule has 1 unspecified atom stereocenters. The summed E-state index contributed by atoms with van der Waals surface area (Å²) >= 11 is 0. The highest BCUT2D eigenvalue weighted by Crippen LogP contribution is 2.22. The lowest BCUT2D eigenvalue weighted by Crippen LogP contribution is -2.35. The van der Waals surface area contributed by atoms with Gasteiger partial charge in [-0.15, -0.1) is 5.06 Å². The van der Waals surface area contributed by atoms with E-state index >= 15 is 0 Å². The van der Waals surface area contributed by atoms with Crippen molar-refractivity contribution in [1.29, 1.82) is 0 Å². The third-order valence-electron chi connectivity index (χ3n) is 3.62. The summed E-state index contributed by atoms with van der Waals surface area (Å²) in [6.45, 7) is 4.03. The molecule has 0 radical (unpaired) electrons. The Morgan fingerprint density at radius 3 is 2.42 bits per heavy atom. The number of unbranched alkanes of at least 4 members (excludes halogenated alkanes) is 1. The van der Waals surface area contributed by atoms with Crippen LogP contribution >= 0.6 is 0 Å². The minimum Gasteiger partial charge on any atom is -0.447 e. The lowest BCUT2D eigenvalue weighted by Gasteiger charge is -2.15. The normalized spacial score (nSPS) is 14.5. The minimum absolute atomic E-state index is 0.0100. The van der Waals surface area contributed by atoms with Crippen molar-refractivity contribution in [2.75, 3.05) is 13.2 Å². The summed E-state index contributed by atoms with van der Waals surface area (Å²) in [5.41, 5.74) is 0.638. The van der Waals surface area contributed by atoms with Crippen LogP contribution < -0.4 is 5.32 Å².